The maximum Gasteiger partial charge on any atom is 0.226 e. The Morgan fingerprint density at radius 1 is 1.11 bits per heavy atom. The van der Waals surface area contributed by atoms with Gasteiger partial charge in [-0.25, -0.2) is 0 Å². The van der Waals surface area contributed by atoms with Crippen molar-refractivity contribution < 1.29 is 9.50 Å². The monoisotopic (exact) mass is 262 g/mol. The molecule has 0 fully saturated rings. The molecule has 18 heavy (non-hydrogen) atoms. The molecule has 110 valence electrons. The molecule has 0 heterocycles. The fourth-order valence-electron chi connectivity index (χ4n) is 2.30. The van der Waals surface area contributed by atoms with E-state index in [-0.39, 0.29) is 16.0 Å². The topological polar surface area (TPSA) is 55.1 Å². The molecule has 0 unspecified atom stereocenters. The van der Waals surface area contributed by atoms with Crippen molar-refractivity contribution in [3.8, 4) is 0 Å². The molecule has 3 nitrogen and oxygen atoms in total. The van der Waals surface area contributed by atoms with Crippen LogP contribution >= 0.6 is 0 Å². The lowest BCUT2D eigenvalue weighted by Crippen LogP contribution is -2.42. The first-order valence-electron chi connectivity index (χ1n) is 7.15. The van der Waals surface area contributed by atoms with Crippen LogP contribution in [-0.4, -0.2) is 19.0 Å². The number of amides is 1. The Labute approximate surface area is 111 Å². The zero-order valence-corrected chi connectivity index (χ0v) is 12.3. The third-order valence-corrected chi connectivity index (χ3v) is 3.77. The van der Waals surface area contributed by atoms with E-state index >= 15 is 0 Å². The number of carbonyl (C=O) groups excluding carboxylic acids is 1. The number of rotatable bonds is 10. The summed E-state index contributed by atoms with van der Waals surface area (Å²) in [6, 6.07) is 0. The fourth-order valence-corrected chi connectivity index (χ4v) is 2.30. The highest BCUT2D eigenvalue weighted by Crippen LogP contribution is 2.33. The van der Waals surface area contributed by atoms with Gasteiger partial charge in [-0.05, 0) is 19.3 Å². The van der Waals surface area contributed by atoms with E-state index in [0.29, 0.717) is 13.1 Å². The number of hydrogen-bond acceptors (Lipinski definition) is 2. The summed E-state index contributed by atoms with van der Waals surface area (Å²) in [6.45, 7) is 7.55. The molecule has 4 heteroatoms. The summed E-state index contributed by atoms with van der Waals surface area (Å²) in [5, 5.41) is 2.95. The van der Waals surface area contributed by atoms with E-state index in [4.69, 9.17) is 5.73 Å². The normalized spacial score (nSPS) is 10.9. The second-order valence-electron chi connectivity index (χ2n) is 4.84. The fraction of sp³-hybridized carbons (Fsp3) is 0.929. The Kier molecular flexibility index (Phi) is 12.5. The van der Waals surface area contributed by atoms with Gasteiger partial charge in [-0.15, -0.1) is 0 Å². The van der Waals surface area contributed by atoms with E-state index in [1.807, 2.05) is 0 Å². The molecule has 0 aliphatic heterocycles. The van der Waals surface area contributed by atoms with Crippen LogP contribution in [0.4, 0.5) is 4.70 Å². The van der Waals surface area contributed by atoms with Crippen molar-refractivity contribution in [1.82, 2.24) is 5.32 Å². The van der Waals surface area contributed by atoms with E-state index in [1.54, 1.807) is 0 Å². The first-order valence-corrected chi connectivity index (χ1v) is 7.15. The molecule has 0 bridgehead atoms. The molecular formula is C14H31FN2O. The summed E-state index contributed by atoms with van der Waals surface area (Å²) in [7, 11) is 0. The highest BCUT2D eigenvalue weighted by atomic mass is 19.0. The number of unbranched alkanes of at least 4 members (excludes halogenated alkanes) is 3. The predicted molar refractivity (Wildman–Crippen MR) is 76.3 cm³/mol. The van der Waals surface area contributed by atoms with Crippen LogP contribution in [0.15, 0.2) is 0 Å². The second-order valence-corrected chi connectivity index (χ2v) is 4.84. The van der Waals surface area contributed by atoms with Gasteiger partial charge in [0, 0.05) is 18.5 Å². The molecule has 0 aromatic heterocycles. The zero-order valence-electron chi connectivity index (χ0n) is 12.3. The minimum atomic E-state index is -0.164. The van der Waals surface area contributed by atoms with Gasteiger partial charge in [0.15, 0.2) is 0 Å². The molecule has 0 rings (SSSR count). The molecule has 0 aliphatic carbocycles. The Balaban J connectivity index is 0. The summed E-state index contributed by atoms with van der Waals surface area (Å²) < 4.78 is 0. The van der Waals surface area contributed by atoms with Crippen LogP contribution in [0.5, 0.6) is 0 Å². The minimum absolute atomic E-state index is 0. The van der Waals surface area contributed by atoms with Crippen LogP contribution in [0.2, 0.25) is 0 Å². The summed E-state index contributed by atoms with van der Waals surface area (Å²) >= 11 is 0. The molecule has 3 N–H and O–H groups in total. The summed E-state index contributed by atoms with van der Waals surface area (Å²) in [6.07, 6.45) is 7.76. The summed E-state index contributed by atoms with van der Waals surface area (Å²) in [4.78, 5) is 12.2. The molecular weight excluding hydrogens is 231 g/mol. The van der Waals surface area contributed by atoms with Gasteiger partial charge >= 0.3 is 0 Å². The van der Waals surface area contributed by atoms with Crippen LogP contribution in [0.3, 0.4) is 0 Å². The molecule has 0 aliphatic rings. The Morgan fingerprint density at radius 3 is 2.17 bits per heavy atom. The van der Waals surface area contributed by atoms with Gasteiger partial charge in [0.05, 0.1) is 0 Å². The van der Waals surface area contributed by atoms with Crippen molar-refractivity contribution in [1.29, 1.82) is 0 Å². The summed E-state index contributed by atoms with van der Waals surface area (Å²) in [5.41, 5.74) is 5.26. The maximum atomic E-state index is 12.2. The van der Waals surface area contributed by atoms with Gasteiger partial charge in [-0.3, -0.25) is 9.50 Å². The average Bonchev–Trinajstić information content (AvgIpc) is 2.37. The standard InChI is InChI=1S/C14H30N2O.FH/c1-4-7-8-9-10-14(5-2,6-3)13(17)16-12-11-15;/h4-12,15H2,1-3H3,(H,16,17);1H. The molecule has 1 amide bonds. The van der Waals surface area contributed by atoms with Gasteiger partial charge in [0.25, 0.3) is 0 Å². The SMILES string of the molecule is CCCCCCC(CC)(CC)C(=O)NCCN.F. The van der Waals surface area contributed by atoms with Crippen LogP contribution in [0.25, 0.3) is 0 Å². The Hall–Kier alpha value is -0.640. The molecule has 0 aromatic carbocycles. The van der Waals surface area contributed by atoms with E-state index in [9.17, 15) is 4.79 Å². The molecule has 0 spiro atoms. The van der Waals surface area contributed by atoms with E-state index in [2.05, 4.69) is 26.1 Å². The lowest BCUT2D eigenvalue weighted by Gasteiger charge is -2.30. The minimum Gasteiger partial charge on any atom is -0.354 e. The number of nitrogens with one attached hydrogen (secondary N) is 1. The summed E-state index contributed by atoms with van der Waals surface area (Å²) in [5.74, 6) is 0.199. The van der Waals surface area contributed by atoms with Crippen molar-refractivity contribution in [2.45, 2.75) is 65.7 Å². The quantitative estimate of drug-likeness (QED) is 0.595. The Morgan fingerprint density at radius 2 is 1.72 bits per heavy atom. The van der Waals surface area contributed by atoms with E-state index < -0.39 is 0 Å². The van der Waals surface area contributed by atoms with E-state index in [0.717, 1.165) is 25.7 Å². The highest BCUT2D eigenvalue weighted by molar-refractivity contribution is 5.82. The third kappa shape index (κ3) is 6.34. The van der Waals surface area contributed by atoms with Crippen molar-refractivity contribution >= 4 is 5.91 Å². The number of hydrogen-bond donors (Lipinski definition) is 2. The smallest absolute Gasteiger partial charge is 0.226 e. The van der Waals surface area contributed by atoms with Crippen LogP contribution < -0.4 is 11.1 Å². The number of carbonyl (C=O) groups is 1. The number of halogens is 1. The predicted octanol–water partition coefficient (Wildman–Crippen LogP) is 2.99. The van der Waals surface area contributed by atoms with Crippen molar-refractivity contribution in [3.05, 3.63) is 0 Å². The Bertz CT molecular complexity index is 206. The van der Waals surface area contributed by atoms with Gasteiger partial charge in [0.2, 0.25) is 5.91 Å². The molecule has 0 aromatic rings. The maximum absolute atomic E-state index is 12.2. The average molecular weight is 262 g/mol. The van der Waals surface area contributed by atoms with Crippen molar-refractivity contribution in [2.75, 3.05) is 13.1 Å². The first kappa shape index (κ1) is 19.7. The van der Waals surface area contributed by atoms with Crippen molar-refractivity contribution in [2.24, 2.45) is 11.1 Å². The van der Waals surface area contributed by atoms with Gasteiger partial charge in [0.1, 0.15) is 0 Å². The third-order valence-electron chi connectivity index (χ3n) is 3.77. The second kappa shape index (κ2) is 11.5. The first-order chi connectivity index (χ1) is 8.16. The molecule has 0 radical (unpaired) electrons. The molecule has 0 saturated carbocycles. The van der Waals surface area contributed by atoms with Crippen molar-refractivity contribution in [3.63, 3.8) is 0 Å². The number of nitrogens with two attached hydrogens (primary N) is 1. The molecule has 0 atom stereocenters. The highest BCUT2D eigenvalue weighted by Gasteiger charge is 2.33. The van der Waals surface area contributed by atoms with Gasteiger partial charge < -0.3 is 11.1 Å². The largest absolute Gasteiger partial charge is 0.354 e. The van der Waals surface area contributed by atoms with Crippen LogP contribution in [-0.2, 0) is 4.79 Å². The lowest BCUT2D eigenvalue weighted by molar-refractivity contribution is -0.132. The van der Waals surface area contributed by atoms with Crippen LogP contribution in [0.1, 0.15) is 65.7 Å². The lowest BCUT2D eigenvalue weighted by atomic mass is 9.76. The van der Waals surface area contributed by atoms with Gasteiger partial charge in [-0.2, -0.15) is 0 Å². The zero-order chi connectivity index (χ0) is 13.1. The van der Waals surface area contributed by atoms with Gasteiger partial charge in [-0.1, -0.05) is 46.5 Å². The van der Waals surface area contributed by atoms with E-state index in [1.165, 1.54) is 19.3 Å². The van der Waals surface area contributed by atoms with Crippen LogP contribution in [0, 0.1) is 5.41 Å². The molecule has 0 saturated heterocycles.